The number of hydrogen-bond acceptors (Lipinski definition) is 7. The molecule has 7 nitrogen and oxygen atoms in total. The fraction of sp³-hybridized carbons (Fsp3) is 0.875. The number of hydrogen-bond donors (Lipinski definition) is 1. The quantitative estimate of drug-likeness (QED) is 0.162. The average molecular weight is 445 g/mol. The highest BCUT2D eigenvalue weighted by Crippen LogP contribution is 2.20. The van der Waals surface area contributed by atoms with E-state index in [1.807, 2.05) is 6.92 Å². The van der Waals surface area contributed by atoms with Crippen molar-refractivity contribution in [1.82, 2.24) is 0 Å². The zero-order chi connectivity index (χ0) is 23.4. The Morgan fingerprint density at radius 3 is 1.39 bits per heavy atom. The molecule has 0 spiro atoms. The molecule has 0 aliphatic rings. The Hall–Kier alpha value is -1.63. The number of rotatable bonds is 20. The maximum Gasteiger partial charge on any atom is 0.339 e. The van der Waals surface area contributed by atoms with Crippen LogP contribution in [0.3, 0.4) is 0 Å². The first-order valence-corrected chi connectivity index (χ1v) is 12.1. The van der Waals surface area contributed by atoms with Crippen molar-refractivity contribution in [2.24, 2.45) is 0 Å². The van der Waals surface area contributed by atoms with Crippen LogP contribution in [-0.2, 0) is 28.6 Å². The van der Waals surface area contributed by atoms with Crippen LogP contribution in [0, 0.1) is 0 Å². The molecule has 0 aromatic rings. The zero-order valence-corrected chi connectivity index (χ0v) is 19.9. The van der Waals surface area contributed by atoms with E-state index in [9.17, 15) is 19.5 Å². The lowest BCUT2D eigenvalue weighted by atomic mass is 9.95. The van der Waals surface area contributed by atoms with Crippen LogP contribution in [0.5, 0.6) is 0 Å². The van der Waals surface area contributed by atoms with Gasteiger partial charge in [-0.25, -0.2) is 4.79 Å². The van der Waals surface area contributed by atoms with Crippen LogP contribution in [0.15, 0.2) is 0 Å². The fourth-order valence-corrected chi connectivity index (χ4v) is 3.01. The Bertz CT molecular complexity index is 460. The summed E-state index contributed by atoms with van der Waals surface area (Å²) >= 11 is 0. The molecule has 0 saturated heterocycles. The smallest absolute Gasteiger partial charge is 0.339 e. The van der Waals surface area contributed by atoms with Crippen LogP contribution in [0.4, 0.5) is 0 Å². The van der Waals surface area contributed by atoms with Crippen LogP contribution < -0.4 is 0 Å². The second-order valence-electron chi connectivity index (χ2n) is 8.14. The Morgan fingerprint density at radius 1 is 0.581 bits per heavy atom. The van der Waals surface area contributed by atoms with Crippen LogP contribution in [0.1, 0.15) is 111 Å². The second-order valence-corrected chi connectivity index (χ2v) is 8.14. The molecule has 1 N–H and O–H groups in total. The van der Waals surface area contributed by atoms with Gasteiger partial charge in [0.05, 0.1) is 32.7 Å². The maximum atomic E-state index is 12.4. The van der Waals surface area contributed by atoms with Gasteiger partial charge in [-0.3, -0.25) is 9.59 Å². The molecule has 0 aromatic carbocycles. The standard InChI is InChI=1S/C24H44O7/c1-4-7-10-12-14-17-29-21(25)19-24(28,23(27)31-16-9-6-3)20-22(26)30-18-15-13-11-8-5-2/h28H,4-20H2,1-3H3. The summed E-state index contributed by atoms with van der Waals surface area (Å²) in [6.07, 6.45) is 10.2. The average Bonchev–Trinajstić information content (AvgIpc) is 2.73. The first-order chi connectivity index (χ1) is 14.9. The summed E-state index contributed by atoms with van der Waals surface area (Å²) in [6, 6.07) is 0. The maximum absolute atomic E-state index is 12.4. The third kappa shape index (κ3) is 15.8. The number of ether oxygens (including phenoxy) is 3. The molecule has 0 radical (unpaired) electrons. The molecule has 182 valence electrons. The molecule has 0 atom stereocenters. The summed E-state index contributed by atoms with van der Waals surface area (Å²) in [4.78, 5) is 36.8. The molecule has 0 heterocycles. The molecule has 0 rings (SSSR count). The number of esters is 3. The van der Waals surface area contributed by atoms with Gasteiger partial charge in [-0.05, 0) is 19.3 Å². The first kappa shape index (κ1) is 29.4. The van der Waals surface area contributed by atoms with Gasteiger partial charge < -0.3 is 19.3 Å². The Labute approximate surface area is 188 Å². The van der Waals surface area contributed by atoms with Gasteiger partial charge in [-0.1, -0.05) is 78.6 Å². The summed E-state index contributed by atoms with van der Waals surface area (Å²) in [5.41, 5.74) is -2.27. The predicted octanol–water partition coefficient (Wildman–Crippen LogP) is 4.87. The summed E-state index contributed by atoms with van der Waals surface area (Å²) in [5.74, 6) is -2.43. The van der Waals surface area contributed by atoms with Gasteiger partial charge in [0.15, 0.2) is 5.60 Å². The highest BCUT2D eigenvalue weighted by Gasteiger charge is 2.43. The van der Waals surface area contributed by atoms with E-state index in [2.05, 4.69) is 13.8 Å². The summed E-state index contributed by atoms with van der Waals surface area (Å²) in [6.45, 7) is 6.76. The SMILES string of the molecule is CCCCCCCOC(=O)CC(O)(CC(=O)OCCCCCCC)C(=O)OCCCC. The van der Waals surface area contributed by atoms with Gasteiger partial charge in [0.2, 0.25) is 0 Å². The molecular formula is C24H44O7. The number of carbonyl (C=O) groups is 3. The molecule has 7 heteroatoms. The first-order valence-electron chi connectivity index (χ1n) is 12.1. The molecule has 0 saturated carbocycles. The van der Waals surface area contributed by atoms with Crippen LogP contribution >= 0.6 is 0 Å². The minimum absolute atomic E-state index is 0.122. The van der Waals surface area contributed by atoms with E-state index in [1.165, 1.54) is 0 Å². The van der Waals surface area contributed by atoms with E-state index in [-0.39, 0.29) is 19.8 Å². The van der Waals surface area contributed by atoms with Crippen molar-refractivity contribution in [3.63, 3.8) is 0 Å². The van der Waals surface area contributed by atoms with Gasteiger partial charge in [0.1, 0.15) is 0 Å². The van der Waals surface area contributed by atoms with Crippen molar-refractivity contribution in [1.29, 1.82) is 0 Å². The molecule has 0 aliphatic heterocycles. The third-order valence-electron chi connectivity index (χ3n) is 5.01. The molecule has 0 fully saturated rings. The lowest BCUT2D eigenvalue weighted by Gasteiger charge is -2.24. The minimum atomic E-state index is -2.27. The van der Waals surface area contributed by atoms with Crippen molar-refractivity contribution in [3.05, 3.63) is 0 Å². The van der Waals surface area contributed by atoms with E-state index in [4.69, 9.17) is 14.2 Å². The Morgan fingerprint density at radius 2 is 0.968 bits per heavy atom. The monoisotopic (exact) mass is 444 g/mol. The number of aliphatic hydroxyl groups is 1. The molecule has 0 amide bonds. The fourth-order valence-electron chi connectivity index (χ4n) is 3.01. The highest BCUT2D eigenvalue weighted by molar-refractivity contribution is 5.90. The Balaban J connectivity index is 4.62. The van der Waals surface area contributed by atoms with Crippen molar-refractivity contribution < 1.29 is 33.7 Å². The van der Waals surface area contributed by atoms with Crippen LogP contribution in [0.25, 0.3) is 0 Å². The van der Waals surface area contributed by atoms with E-state index in [1.54, 1.807) is 0 Å². The minimum Gasteiger partial charge on any atom is -0.466 e. The van der Waals surface area contributed by atoms with Crippen molar-refractivity contribution in [2.45, 2.75) is 116 Å². The van der Waals surface area contributed by atoms with Gasteiger partial charge in [-0.15, -0.1) is 0 Å². The van der Waals surface area contributed by atoms with E-state index >= 15 is 0 Å². The normalized spacial score (nSPS) is 11.2. The van der Waals surface area contributed by atoms with Crippen molar-refractivity contribution in [2.75, 3.05) is 19.8 Å². The third-order valence-corrected chi connectivity index (χ3v) is 5.01. The highest BCUT2D eigenvalue weighted by atomic mass is 16.6. The van der Waals surface area contributed by atoms with E-state index in [0.717, 1.165) is 70.6 Å². The van der Waals surface area contributed by atoms with Crippen LogP contribution in [-0.4, -0.2) is 48.4 Å². The van der Waals surface area contributed by atoms with Crippen LogP contribution in [0.2, 0.25) is 0 Å². The van der Waals surface area contributed by atoms with E-state index in [0.29, 0.717) is 6.42 Å². The second kappa shape index (κ2) is 19.1. The van der Waals surface area contributed by atoms with Gasteiger partial charge >= 0.3 is 17.9 Å². The van der Waals surface area contributed by atoms with E-state index < -0.39 is 36.4 Å². The van der Waals surface area contributed by atoms with Crippen molar-refractivity contribution in [3.8, 4) is 0 Å². The molecule has 0 aliphatic carbocycles. The molecular weight excluding hydrogens is 400 g/mol. The molecule has 0 aromatic heterocycles. The Kier molecular flexibility index (Phi) is 18.1. The van der Waals surface area contributed by atoms with Gasteiger partial charge in [0.25, 0.3) is 0 Å². The van der Waals surface area contributed by atoms with Gasteiger partial charge in [0, 0.05) is 0 Å². The number of carbonyl (C=O) groups excluding carboxylic acids is 3. The largest absolute Gasteiger partial charge is 0.466 e. The summed E-state index contributed by atoms with van der Waals surface area (Å²) < 4.78 is 15.4. The lowest BCUT2D eigenvalue weighted by Crippen LogP contribution is -2.45. The molecule has 0 bridgehead atoms. The van der Waals surface area contributed by atoms with Crippen molar-refractivity contribution >= 4 is 17.9 Å². The predicted molar refractivity (Wildman–Crippen MR) is 119 cm³/mol. The summed E-state index contributed by atoms with van der Waals surface area (Å²) in [7, 11) is 0. The topological polar surface area (TPSA) is 99.1 Å². The molecule has 0 unspecified atom stereocenters. The molecule has 31 heavy (non-hydrogen) atoms. The lowest BCUT2D eigenvalue weighted by molar-refractivity contribution is -0.178. The number of unbranched alkanes of at least 4 members (excludes halogenated alkanes) is 9. The summed E-state index contributed by atoms with van der Waals surface area (Å²) in [5, 5.41) is 10.8. The zero-order valence-electron chi connectivity index (χ0n) is 19.9. The van der Waals surface area contributed by atoms with Gasteiger partial charge in [-0.2, -0.15) is 0 Å².